The Morgan fingerprint density at radius 3 is 2.32 bits per heavy atom. The second kappa shape index (κ2) is 7.36. The second-order valence-corrected chi connectivity index (χ2v) is 4.79. The number of hydrogen-bond acceptors (Lipinski definition) is 3. The van der Waals surface area contributed by atoms with E-state index in [0.29, 0.717) is 11.4 Å². The zero-order valence-electron chi connectivity index (χ0n) is 12.9. The van der Waals surface area contributed by atoms with Crippen LogP contribution >= 0.6 is 0 Å². The van der Waals surface area contributed by atoms with Crippen molar-refractivity contribution in [1.82, 2.24) is 5.32 Å². The third-order valence-corrected chi connectivity index (χ3v) is 3.32. The normalized spacial score (nSPS) is 11.4. The van der Waals surface area contributed by atoms with Crippen molar-refractivity contribution in [2.75, 3.05) is 19.5 Å². The zero-order chi connectivity index (χ0) is 15.9. The van der Waals surface area contributed by atoms with E-state index in [4.69, 9.17) is 9.47 Å². The Morgan fingerprint density at radius 1 is 1.00 bits per heavy atom. The van der Waals surface area contributed by atoms with Crippen molar-refractivity contribution in [1.29, 1.82) is 0 Å². The molecular weight excluding hydrogens is 280 g/mol. The van der Waals surface area contributed by atoms with Gasteiger partial charge in [-0.05, 0) is 36.8 Å². The van der Waals surface area contributed by atoms with Crippen molar-refractivity contribution in [2.45, 2.75) is 13.0 Å². The summed E-state index contributed by atoms with van der Waals surface area (Å²) >= 11 is 0. The number of para-hydroxylation sites is 2. The van der Waals surface area contributed by atoms with Gasteiger partial charge in [0.05, 0.1) is 25.9 Å². The molecule has 1 atom stereocenters. The highest BCUT2D eigenvalue weighted by Crippen LogP contribution is 2.23. The first-order valence-electron chi connectivity index (χ1n) is 6.98. The van der Waals surface area contributed by atoms with Crippen LogP contribution in [0.4, 0.5) is 10.5 Å². The third-order valence-electron chi connectivity index (χ3n) is 3.32. The van der Waals surface area contributed by atoms with Gasteiger partial charge < -0.3 is 20.1 Å². The molecule has 0 bridgehead atoms. The van der Waals surface area contributed by atoms with E-state index in [1.165, 1.54) is 0 Å². The Kier molecular flexibility index (Phi) is 5.25. The molecule has 1 unspecified atom stereocenters. The largest absolute Gasteiger partial charge is 0.497 e. The van der Waals surface area contributed by atoms with Crippen LogP contribution in [0, 0.1) is 0 Å². The van der Waals surface area contributed by atoms with Crippen molar-refractivity contribution in [2.24, 2.45) is 0 Å². The summed E-state index contributed by atoms with van der Waals surface area (Å²) in [6.45, 7) is 1.92. The van der Waals surface area contributed by atoms with Gasteiger partial charge in [0.1, 0.15) is 11.5 Å². The fourth-order valence-electron chi connectivity index (χ4n) is 2.08. The summed E-state index contributed by atoms with van der Waals surface area (Å²) < 4.78 is 10.3. The second-order valence-electron chi connectivity index (χ2n) is 4.79. The van der Waals surface area contributed by atoms with Crippen molar-refractivity contribution in [3.63, 3.8) is 0 Å². The average Bonchev–Trinajstić information content (AvgIpc) is 2.55. The van der Waals surface area contributed by atoms with Crippen LogP contribution in [0.1, 0.15) is 18.5 Å². The standard InChI is InChI=1S/C17H20N2O3/c1-12(13-8-10-14(21-2)11-9-13)18-17(20)19-15-6-4-5-7-16(15)22-3/h4-12H,1-3H3,(H2,18,19,20). The summed E-state index contributed by atoms with van der Waals surface area (Å²) in [5.41, 5.74) is 1.63. The molecule has 2 amide bonds. The number of benzene rings is 2. The third kappa shape index (κ3) is 3.91. The van der Waals surface area contributed by atoms with Crippen LogP contribution in [-0.2, 0) is 0 Å². The van der Waals surface area contributed by atoms with E-state index in [1.54, 1.807) is 26.4 Å². The SMILES string of the molecule is COc1ccc(C(C)NC(=O)Nc2ccccc2OC)cc1. The summed E-state index contributed by atoms with van der Waals surface area (Å²) in [6, 6.07) is 14.4. The average molecular weight is 300 g/mol. The molecule has 2 aromatic carbocycles. The Balaban J connectivity index is 1.98. The summed E-state index contributed by atoms with van der Waals surface area (Å²) in [5.74, 6) is 1.41. The molecule has 0 aliphatic carbocycles. The lowest BCUT2D eigenvalue weighted by molar-refractivity contribution is 0.249. The van der Waals surface area contributed by atoms with Crippen LogP contribution in [0.3, 0.4) is 0 Å². The number of amides is 2. The van der Waals surface area contributed by atoms with Crippen LogP contribution in [0.2, 0.25) is 0 Å². The molecule has 22 heavy (non-hydrogen) atoms. The number of nitrogens with one attached hydrogen (secondary N) is 2. The predicted octanol–water partition coefficient (Wildman–Crippen LogP) is 3.59. The van der Waals surface area contributed by atoms with Gasteiger partial charge in [-0.2, -0.15) is 0 Å². The van der Waals surface area contributed by atoms with Gasteiger partial charge in [-0.25, -0.2) is 4.79 Å². The number of ether oxygens (including phenoxy) is 2. The van der Waals surface area contributed by atoms with Gasteiger partial charge in [0.25, 0.3) is 0 Å². The van der Waals surface area contributed by atoms with Gasteiger partial charge in [-0.1, -0.05) is 24.3 Å². The van der Waals surface area contributed by atoms with Crippen molar-refractivity contribution < 1.29 is 14.3 Å². The highest BCUT2D eigenvalue weighted by atomic mass is 16.5. The smallest absolute Gasteiger partial charge is 0.319 e. The molecule has 0 heterocycles. The Morgan fingerprint density at radius 2 is 1.68 bits per heavy atom. The van der Waals surface area contributed by atoms with Gasteiger partial charge in [0.2, 0.25) is 0 Å². The quantitative estimate of drug-likeness (QED) is 0.887. The minimum Gasteiger partial charge on any atom is -0.497 e. The molecule has 116 valence electrons. The van der Waals surface area contributed by atoms with Gasteiger partial charge >= 0.3 is 6.03 Å². The lowest BCUT2D eigenvalue weighted by Gasteiger charge is -2.16. The maximum Gasteiger partial charge on any atom is 0.319 e. The molecule has 0 spiro atoms. The highest BCUT2D eigenvalue weighted by molar-refractivity contribution is 5.91. The van der Waals surface area contributed by atoms with Gasteiger partial charge in [0.15, 0.2) is 0 Å². The Bertz CT molecular complexity index is 626. The zero-order valence-corrected chi connectivity index (χ0v) is 12.9. The molecule has 0 fully saturated rings. The summed E-state index contributed by atoms with van der Waals surface area (Å²) in [7, 11) is 3.19. The molecule has 0 aliphatic rings. The maximum absolute atomic E-state index is 12.1. The number of methoxy groups -OCH3 is 2. The van der Waals surface area contributed by atoms with E-state index >= 15 is 0 Å². The molecule has 2 rings (SSSR count). The summed E-state index contributed by atoms with van der Waals surface area (Å²) in [6.07, 6.45) is 0. The first-order valence-corrected chi connectivity index (χ1v) is 6.98. The van der Waals surface area contributed by atoms with Crippen LogP contribution in [0.5, 0.6) is 11.5 Å². The lowest BCUT2D eigenvalue weighted by Crippen LogP contribution is -2.31. The Labute approximate surface area is 130 Å². The number of carbonyl (C=O) groups excluding carboxylic acids is 1. The van der Waals surface area contributed by atoms with Crippen molar-refractivity contribution in [3.05, 3.63) is 54.1 Å². The molecule has 0 aromatic heterocycles. The summed E-state index contributed by atoms with van der Waals surface area (Å²) in [4.78, 5) is 12.1. The topological polar surface area (TPSA) is 59.6 Å². The number of hydrogen-bond donors (Lipinski definition) is 2. The minimum atomic E-state index is -0.284. The lowest BCUT2D eigenvalue weighted by atomic mass is 10.1. The van der Waals surface area contributed by atoms with E-state index in [0.717, 1.165) is 11.3 Å². The molecule has 0 aliphatic heterocycles. The number of rotatable bonds is 5. The number of anilines is 1. The number of urea groups is 1. The minimum absolute atomic E-state index is 0.124. The predicted molar refractivity (Wildman–Crippen MR) is 86.6 cm³/mol. The first kappa shape index (κ1) is 15.7. The molecular formula is C17H20N2O3. The first-order chi connectivity index (χ1) is 10.6. The highest BCUT2D eigenvalue weighted by Gasteiger charge is 2.11. The molecule has 5 nitrogen and oxygen atoms in total. The van der Waals surface area contributed by atoms with E-state index in [-0.39, 0.29) is 12.1 Å². The maximum atomic E-state index is 12.1. The van der Waals surface area contributed by atoms with Crippen molar-refractivity contribution >= 4 is 11.7 Å². The monoisotopic (exact) mass is 300 g/mol. The van der Waals surface area contributed by atoms with E-state index < -0.39 is 0 Å². The molecule has 5 heteroatoms. The van der Waals surface area contributed by atoms with Crippen LogP contribution in [0.25, 0.3) is 0 Å². The van der Waals surface area contributed by atoms with E-state index in [1.807, 2.05) is 43.3 Å². The fourth-order valence-corrected chi connectivity index (χ4v) is 2.08. The van der Waals surface area contributed by atoms with Crippen LogP contribution < -0.4 is 20.1 Å². The van der Waals surface area contributed by atoms with Crippen molar-refractivity contribution in [3.8, 4) is 11.5 Å². The molecule has 0 radical (unpaired) electrons. The van der Waals surface area contributed by atoms with Gasteiger partial charge in [0, 0.05) is 0 Å². The van der Waals surface area contributed by atoms with E-state index in [2.05, 4.69) is 10.6 Å². The molecule has 2 N–H and O–H groups in total. The molecule has 0 saturated heterocycles. The summed E-state index contributed by atoms with van der Waals surface area (Å²) in [5, 5.41) is 5.67. The molecule has 0 saturated carbocycles. The fraction of sp³-hybridized carbons (Fsp3) is 0.235. The van der Waals surface area contributed by atoms with Crippen LogP contribution in [-0.4, -0.2) is 20.3 Å². The Hall–Kier alpha value is -2.69. The van der Waals surface area contributed by atoms with E-state index in [9.17, 15) is 4.79 Å². The number of carbonyl (C=O) groups is 1. The van der Waals surface area contributed by atoms with Gasteiger partial charge in [-0.3, -0.25) is 0 Å². The van der Waals surface area contributed by atoms with Crippen LogP contribution in [0.15, 0.2) is 48.5 Å². The molecule has 2 aromatic rings. The van der Waals surface area contributed by atoms with Gasteiger partial charge in [-0.15, -0.1) is 0 Å².